The van der Waals surface area contributed by atoms with Crippen molar-refractivity contribution in [1.82, 2.24) is 0 Å². The van der Waals surface area contributed by atoms with E-state index in [1.54, 1.807) is 0 Å². The van der Waals surface area contributed by atoms with E-state index in [9.17, 15) is 0 Å². The van der Waals surface area contributed by atoms with Crippen molar-refractivity contribution in [1.29, 1.82) is 0 Å². The van der Waals surface area contributed by atoms with Gasteiger partial charge in [-0.2, -0.15) is 0 Å². The molecule has 0 bridgehead atoms. The minimum Gasteiger partial charge on any atom is -0.310 e. The maximum absolute atomic E-state index is 2.51. The van der Waals surface area contributed by atoms with Crippen LogP contribution in [0.5, 0.6) is 0 Å². The molecule has 0 aromatic heterocycles. The average Bonchev–Trinajstić information content (AvgIpc) is 1.03. The molecule has 15 aromatic carbocycles. The second-order valence-electron chi connectivity index (χ2n) is 23.2. The van der Waals surface area contributed by atoms with Gasteiger partial charge in [-0.15, -0.1) is 0 Å². The Bertz CT molecular complexity index is 4500. The fraction of sp³-hybridized carbons (Fsp3) is 0. The van der Waals surface area contributed by atoms with Crippen LogP contribution in [0.3, 0.4) is 0 Å². The second-order valence-corrected chi connectivity index (χ2v) is 23.2. The van der Waals surface area contributed by atoms with E-state index in [0.717, 1.165) is 140 Å². The van der Waals surface area contributed by atoms with Gasteiger partial charge < -0.3 is 14.7 Å². The Labute approximate surface area is 546 Å². The minimum absolute atomic E-state index is 0.951. The van der Waals surface area contributed by atoms with Crippen LogP contribution in [-0.4, -0.2) is 0 Å². The summed E-state index contributed by atoms with van der Waals surface area (Å²) in [5, 5.41) is 0. The standard InChI is InChI=1S/C90H65N3/c1-9-27-66(28-10-1)70-47-55-78(56-48-70)91(79-57-49-71(50-58-79)67-29-11-2-12-30-67)82-63-83(92(80-59-51-72(52-60-80)68-31-13-3-14-32-68)89-85(74-35-17-5-18-36-74)43-25-44-86(89)75-37-19-6-20-38-75)65-84(64-82)93(81-61-53-73(54-62-81)69-33-15-4-16-34-69)90-87(76-39-21-7-22-40-76)45-26-46-88(90)77-41-23-8-24-42-77/h1-65H. The highest BCUT2D eigenvalue weighted by Gasteiger charge is 2.29. The second kappa shape index (κ2) is 26.4. The number of para-hydroxylation sites is 2. The number of hydrogen-bond donors (Lipinski definition) is 0. The van der Waals surface area contributed by atoms with E-state index in [0.29, 0.717) is 0 Å². The minimum atomic E-state index is 0.951. The zero-order valence-corrected chi connectivity index (χ0v) is 51.4. The maximum Gasteiger partial charge on any atom is 0.0618 e. The molecule has 15 rings (SSSR count). The molecule has 0 spiro atoms. The third-order valence-corrected chi connectivity index (χ3v) is 17.5. The summed E-state index contributed by atoms with van der Waals surface area (Å²) in [6, 6.07) is 143. The third-order valence-electron chi connectivity index (χ3n) is 17.5. The normalized spacial score (nSPS) is 11.0. The van der Waals surface area contributed by atoms with Crippen LogP contribution in [0.25, 0.3) is 89.0 Å². The Morgan fingerprint density at radius 3 is 0.505 bits per heavy atom. The fourth-order valence-electron chi connectivity index (χ4n) is 12.9. The van der Waals surface area contributed by atoms with Crippen molar-refractivity contribution < 1.29 is 0 Å². The molecule has 0 unspecified atom stereocenters. The quantitative estimate of drug-likeness (QED) is 0.0900. The van der Waals surface area contributed by atoms with Crippen molar-refractivity contribution in [3.05, 3.63) is 394 Å². The van der Waals surface area contributed by atoms with Crippen LogP contribution in [0.1, 0.15) is 0 Å². The van der Waals surface area contributed by atoms with E-state index in [-0.39, 0.29) is 0 Å². The monoisotopic (exact) mass is 1190 g/mol. The lowest BCUT2D eigenvalue weighted by molar-refractivity contribution is 1.22. The van der Waals surface area contributed by atoms with Crippen molar-refractivity contribution in [3.8, 4) is 89.0 Å². The van der Waals surface area contributed by atoms with Crippen molar-refractivity contribution in [2.24, 2.45) is 0 Å². The SMILES string of the molecule is c1ccc(-c2ccc(N(c3ccc(-c4ccccc4)cc3)c3cc(N(c4ccc(-c5ccccc5)cc4)c4c(-c5ccccc5)cccc4-c4ccccc4)cc(N(c4ccc(-c5ccccc5)cc4)c4c(-c5ccccc5)cccc4-c4ccccc4)c3)cc2)cc1. The molecule has 0 fully saturated rings. The molecule has 0 N–H and O–H groups in total. The number of nitrogens with zero attached hydrogens (tertiary/aromatic N) is 3. The molecule has 0 saturated heterocycles. The summed E-state index contributed by atoms with van der Waals surface area (Å²) in [4.78, 5) is 7.46. The molecule has 0 saturated carbocycles. The van der Waals surface area contributed by atoms with Crippen molar-refractivity contribution in [3.63, 3.8) is 0 Å². The molecular formula is C90H65N3. The Morgan fingerprint density at radius 2 is 0.290 bits per heavy atom. The molecule has 0 radical (unpaired) electrons. The number of benzene rings is 15. The first-order chi connectivity index (χ1) is 46.1. The van der Waals surface area contributed by atoms with Crippen molar-refractivity contribution >= 4 is 51.2 Å². The summed E-state index contributed by atoms with van der Waals surface area (Å²) in [7, 11) is 0. The smallest absolute Gasteiger partial charge is 0.0618 e. The predicted octanol–water partition coefficient (Wildman–Crippen LogP) is 25.4. The number of rotatable bonds is 17. The summed E-state index contributed by atoms with van der Waals surface area (Å²) in [6.45, 7) is 0. The molecule has 0 aliphatic heterocycles. The van der Waals surface area contributed by atoms with Gasteiger partial charge >= 0.3 is 0 Å². The van der Waals surface area contributed by atoms with Gasteiger partial charge in [0.25, 0.3) is 0 Å². The summed E-state index contributed by atoms with van der Waals surface area (Å²) < 4.78 is 0. The average molecular weight is 1190 g/mol. The Kier molecular flexibility index (Phi) is 16.2. The largest absolute Gasteiger partial charge is 0.310 e. The first-order valence-electron chi connectivity index (χ1n) is 31.8. The van der Waals surface area contributed by atoms with Gasteiger partial charge in [0.05, 0.1) is 28.4 Å². The highest BCUT2D eigenvalue weighted by Crippen LogP contribution is 2.53. The molecular weight excluding hydrogens is 1120 g/mol. The van der Waals surface area contributed by atoms with E-state index in [2.05, 4.69) is 409 Å². The van der Waals surface area contributed by atoms with Crippen molar-refractivity contribution in [2.75, 3.05) is 14.7 Å². The van der Waals surface area contributed by atoms with Gasteiger partial charge in [0, 0.05) is 45.0 Å². The van der Waals surface area contributed by atoms with E-state index in [1.165, 1.54) is 0 Å². The highest BCUT2D eigenvalue weighted by atomic mass is 15.2. The maximum atomic E-state index is 2.51. The number of anilines is 9. The summed E-state index contributed by atoms with van der Waals surface area (Å²) in [5.74, 6) is 0. The predicted molar refractivity (Wildman–Crippen MR) is 394 cm³/mol. The topological polar surface area (TPSA) is 9.72 Å². The molecule has 0 heterocycles. The lowest BCUT2D eigenvalue weighted by Crippen LogP contribution is -2.18. The van der Waals surface area contributed by atoms with Crippen LogP contribution in [-0.2, 0) is 0 Å². The van der Waals surface area contributed by atoms with Crippen LogP contribution in [0.4, 0.5) is 51.2 Å². The number of hydrogen-bond acceptors (Lipinski definition) is 3. The molecule has 0 amide bonds. The zero-order chi connectivity index (χ0) is 62.1. The molecule has 0 aliphatic carbocycles. The van der Waals surface area contributed by atoms with Gasteiger partial charge in [0.1, 0.15) is 0 Å². The lowest BCUT2D eigenvalue weighted by atomic mass is 9.93. The Morgan fingerprint density at radius 1 is 0.118 bits per heavy atom. The molecule has 3 nitrogen and oxygen atoms in total. The lowest BCUT2D eigenvalue weighted by Gasteiger charge is -2.35. The van der Waals surface area contributed by atoms with Crippen LogP contribution >= 0.6 is 0 Å². The van der Waals surface area contributed by atoms with Crippen LogP contribution in [0.2, 0.25) is 0 Å². The zero-order valence-electron chi connectivity index (χ0n) is 51.4. The molecule has 440 valence electrons. The van der Waals surface area contributed by atoms with Gasteiger partial charge in [0.15, 0.2) is 0 Å². The van der Waals surface area contributed by atoms with Crippen LogP contribution in [0.15, 0.2) is 394 Å². The van der Waals surface area contributed by atoms with Gasteiger partial charge in [-0.05, 0) is 133 Å². The van der Waals surface area contributed by atoms with Gasteiger partial charge in [-0.3, -0.25) is 0 Å². The van der Waals surface area contributed by atoms with Gasteiger partial charge in [-0.25, -0.2) is 0 Å². The van der Waals surface area contributed by atoms with Gasteiger partial charge in [-0.1, -0.05) is 328 Å². The fourth-order valence-corrected chi connectivity index (χ4v) is 12.9. The van der Waals surface area contributed by atoms with Crippen LogP contribution in [0, 0.1) is 0 Å². The third kappa shape index (κ3) is 12.1. The summed E-state index contributed by atoms with van der Waals surface area (Å²) >= 11 is 0. The summed E-state index contributed by atoms with van der Waals surface area (Å²) in [5.41, 5.74) is 26.9. The van der Waals surface area contributed by atoms with Gasteiger partial charge in [0.2, 0.25) is 0 Å². The van der Waals surface area contributed by atoms with E-state index in [1.807, 2.05) is 0 Å². The summed E-state index contributed by atoms with van der Waals surface area (Å²) in [6.07, 6.45) is 0. The van der Waals surface area contributed by atoms with Crippen molar-refractivity contribution in [2.45, 2.75) is 0 Å². The Hall–Kier alpha value is -12.3. The first kappa shape index (κ1) is 57.2. The molecule has 15 aromatic rings. The molecule has 0 atom stereocenters. The van der Waals surface area contributed by atoms with E-state index < -0.39 is 0 Å². The highest BCUT2D eigenvalue weighted by molar-refractivity contribution is 6.02. The Balaban J connectivity index is 1.07. The van der Waals surface area contributed by atoms with E-state index in [4.69, 9.17) is 0 Å². The molecule has 93 heavy (non-hydrogen) atoms. The molecule has 0 aliphatic rings. The first-order valence-corrected chi connectivity index (χ1v) is 31.8. The van der Waals surface area contributed by atoms with Crippen LogP contribution < -0.4 is 14.7 Å². The van der Waals surface area contributed by atoms with E-state index >= 15 is 0 Å². The molecule has 3 heteroatoms.